The SMILES string of the molecule is CC1CN(C(=O)[C@@H](C)c2ccccc2)CCC1C(=O)O. The number of benzene rings is 1. The third kappa shape index (κ3) is 3.00. The van der Waals surface area contributed by atoms with E-state index in [1.165, 1.54) is 0 Å². The molecule has 0 radical (unpaired) electrons. The molecule has 1 saturated heterocycles. The molecule has 1 aromatic carbocycles. The van der Waals surface area contributed by atoms with Crippen LogP contribution < -0.4 is 0 Å². The summed E-state index contributed by atoms with van der Waals surface area (Å²) in [6.07, 6.45) is 0.545. The van der Waals surface area contributed by atoms with Gasteiger partial charge in [0.1, 0.15) is 0 Å². The number of carboxylic acids is 1. The number of rotatable bonds is 3. The van der Waals surface area contributed by atoms with E-state index in [1.807, 2.05) is 49.1 Å². The lowest BCUT2D eigenvalue weighted by molar-refractivity contribution is -0.148. The Morgan fingerprint density at radius 2 is 1.95 bits per heavy atom. The molecule has 108 valence electrons. The van der Waals surface area contributed by atoms with E-state index in [2.05, 4.69) is 0 Å². The van der Waals surface area contributed by atoms with Crippen molar-refractivity contribution >= 4 is 11.9 Å². The number of piperidine rings is 1. The molecule has 1 amide bonds. The first-order valence-corrected chi connectivity index (χ1v) is 7.07. The minimum Gasteiger partial charge on any atom is -0.481 e. The van der Waals surface area contributed by atoms with Crippen LogP contribution in [-0.4, -0.2) is 35.0 Å². The number of aliphatic carboxylic acids is 1. The Labute approximate surface area is 119 Å². The van der Waals surface area contributed by atoms with Gasteiger partial charge >= 0.3 is 5.97 Å². The van der Waals surface area contributed by atoms with Gasteiger partial charge < -0.3 is 10.0 Å². The van der Waals surface area contributed by atoms with Crippen molar-refractivity contribution in [2.75, 3.05) is 13.1 Å². The zero-order valence-corrected chi connectivity index (χ0v) is 12.0. The molecule has 20 heavy (non-hydrogen) atoms. The van der Waals surface area contributed by atoms with Crippen molar-refractivity contribution in [3.05, 3.63) is 35.9 Å². The van der Waals surface area contributed by atoms with Crippen molar-refractivity contribution in [2.24, 2.45) is 11.8 Å². The number of likely N-dealkylation sites (tertiary alicyclic amines) is 1. The van der Waals surface area contributed by atoms with E-state index in [0.717, 1.165) is 5.56 Å². The monoisotopic (exact) mass is 275 g/mol. The zero-order chi connectivity index (χ0) is 14.7. The number of hydrogen-bond acceptors (Lipinski definition) is 2. The van der Waals surface area contributed by atoms with Crippen molar-refractivity contribution in [1.29, 1.82) is 0 Å². The van der Waals surface area contributed by atoms with Crippen LogP contribution in [-0.2, 0) is 9.59 Å². The van der Waals surface area contributed by atoms with E-state index >= 15 is 0 Å². The number of hydrogen-bond donors (Lipinski definition) is 1. The van der Waals surface area contributed by atoms with Gasteiger partial charge in [-0.3, -0.25) is 9.59 Å². The normalized spacial score (nSPS) is 24.2. The van der Waals surface area contributed by atoms with Crippen molar-refractivity contribution in [3.8, 4) is 0 Å². The Kier molecular flexibility index (Phi) is 4.42. The molecule has 1 fully saturated rings. The quantitative estimate of drug-likeness (QED) is 0.921. The minimum atomic E-state index is -0.749. The molecule has 4 nitrogen and oxygen atoms in total. The molecule has 2 rings (SSSR count). The molecular formula is C16H21NO3. The number of carbonyl (C=O) groups excluding carboxylic acids is 1. The van der Waals surface area contributed by atoms with Crippen LogP contribution in [0.5, 0.6) is 0 Å². The van der Waals surface area contributed by atoms with Gasteiger partial charge in [0.15, 0.2) is 0 Å². The molecule has 0 saturated carbocycles. The van der Waals surface area contributed by atoms with Crippen molar-refractivity contribution < 1.29 is 14.7 Å². The molecule has 1 heterocycles. The zero-order valence-electron chi connectivity index (χ0n) is 12.0. The minimum absolute atomic E-state index is 0.00757. The summed E-state index contributed by atoms with van der Waals surface area (Å²) in [5, 5.41) is 9.12. The lowest BCUT2D eigenvalue weighted by Gasteiger charge is -2.36. The van der Waals surface area contributed by atoms with Gasteiger partial charge in [-0.2, -0.15) is 0 Å². The molecule has 0 bridgehead atoms. The highest BCUT2D eigenvalue weighted by Gasteiger charge is 2.34. The molecule has 0 aromatic heterocycles. The van der Waals surface area contributed by atoms with E-state index in [4.69, 9.17) is 5.11 Å². The first kappa shape index (κ1) is 14.6. The molecule has 3 atom stereocenters. The van der Waals surface area contributed by atoms with E-state index in [9.17, 15) is 9.59 Å². The summed E-state index contributed by atoms with van der Waals surface area (Å²) >= 11 is 0. The third-order valence-electron chi connectivity index (χ3n) is 4.20. The average molecular weight is 275 g/mol. The van der Waals surface area contributed by atoms with Crippen LogP contribution in [0.4, 0.5) is 0 Å². The van der Waals surface area contributed by atoms with Crippen LogP contribution in [0.3, 0.4) is 0 Å². The first-order valence-electron chi connectivity index (χ1n) is 7.07. The largest absolute Gasteiger partial charge is 0.481 e. The standard InChI is InChI=1S/C16H21NO3/c1-11-10-17(9-8-14(11)16(19)20)15(18)12(2)13-6-4-3-5-7-13/h3-7,11-12,14H,8-10H2,1-2H3,(H,19,20)/t11?,12-,14?/m0/s1. The van der Waals surface area contributed by atoms with Gasteiger partial charge in [-0.15, -0.1) is 0 Å². The van der Waals surface area contributed by atoms with E-state index in [1.54, 1.807) is 0 Å². The van der Waals surface area contributed by atoms with Gasteiger partial charge in [-0.1, -0.05) is 37.3 Å². The molecule has 1 aliphatic rings. The summed E-state index contributed by atoms with van der Waals surface area (Å²) in [4.78, 5) is 25.4. The predicted octanol–water partition coefficient (Wildman–Crippen LogP) is 2.36. The second-order valence-corrected chi connectivity index (χ2v) is 5.63. The smallest absolute Gasteiger partial charge is 0.306 e. The summed E-state index contributed by atoms with van der Waals surface area (Å²) < 4.78 is 0. The molecule has 0 aliphatic carbocycles. The maximum atomic E-state index is 12.5. The third-order valence-corrected chi connectivity index (χ3v) is 4.20. The topological polar surface area (TPSA) is 57.6 Å². The number of carbonyl (C=O) groups is 2. The molecule has 0 spiro atoms. The summed E-state index contributed by atoms with van der Waals surface area (Å²) in [6, 6.07) is 9.70. The summed E-state index contributed by atoms with van der Waals surface area (Å²) in [6.45, 7) is 4.89. The van der Waals surface area contributed by atoms with Crippen LogP contribution >= 0.6 is 0 Å². The van der Waals surface area contributed by atoms with E-state index in [-0.39, 0.29) is 23.7 Å². The molecule has 1 aliphatic heterocycles. The van der Waals surface area contributed by atoms with Crippen LogP contribution in [0.15, 0.2) is 30.3 Å². The van der Waals surface area contributed by atoms with Gasteiger partial charge in [0.25, 0.3) is 0 Å². The molecule has 2 unspecified atom stereocenters. The Hall–Kier alpha value is -1.84. The average Bonchev–Trinajstić information content (AvgIpc) is 2.46. The summed E-state index contributed by atoms with van der Waals surface area (Å²) in [5.41, 5.74) is 1.01. The first-order chi connectivity index (χ1) is 9.50. The van der Waals surface area contributed by atoms with E-state index < -0.39 is 5.97 Å². The lowest BCUT2D eigenvalue weighted by atomic mass is 9.86. The highest BCUT2D eigenvalue weighted by Crippen LogP contribution is 2.26. The van der Waals surface area contributed by atoms with Crippen LogP contribution in [0, 0.1) is 11.8 Å². The Morgan fingerprint density at radius 3 is 2.50 bits per heavy atom. The lowest BCUT2D eigenvalue weighted by Crippen LogP contribution is -2.46. The van der Waals surface area contributed by atoms with Crippen molar-refractivity contribution in [3.63, 3.8) is 0 Å². The predicted molar refractivity (Wildman–Crippen MR) is 76.3 cm³/mol. The van der Waals surface area contributed by atoms with Crippen LogP contribution in [0.25, 0.3) is 0 Å². The fourth-order valence-electron chi connectivity index (χ4n) is 2.87. The number of nitrogens with zero attached hydrogens (tertiary/aromatic N) is 1. The summed E-state index contributed by atoms with van der Waals surface area (Å²) in [5.74, 6) is -1.16. The van der Waals surface area contributed by atoms with Gasteiger partial charge in [-0.25, -0.2) is 0 Å². The van der Waals surface area contributed by atoms with Gasteiger partial charge in [0, 0.05) is 13.1 Å². The highest BCUT2D eigenvalue weighted by atomic mass is 16.4. The number of carboxylic acid groups (broad SMARTS) is 1. The van der Waals surface area contributed by atoms with Gasteiger partial charge in [-0.05, 0) is 24.8 Å². The van der Waals surface area contributed by atoms with Crippen molar-refractivity contribution in [2.45, 2.75) is 26.2 Å². The second kappa shape index (κ2) is 6.07. The Balaban J connectivity index is 2.02. The van der Waals surface area contributed by atoms with Gasteiger partial charge in [0.05, 0.1) is 11.8 Å². The van der Waals surface area contributed by atoms with Crippen molar-refractivity contribution in [1.82, 2.24) is 4.90 Å². The molecule has 1 aromatic rings. The molecule has 4 heteroatoms. The maximum absolute atomic E-state index is 12.5. The van der Waals surface area contributed by atoms with Gasteiger partial charge in [0.2, 0.25) is 5.91 Å². The Bertz CT molecular complexity index is 486. The van der Waals surface area contributed by atoms with E-state index in [0.29, 0.717) is 19.5 Å². The van der Waals surface area contributed by atoms with Crippen LogP contribution in [0.1, 0.15) is 31.7 Å². The molecule has 1 N–H and O–H groups in total. The second-order valence-electron chi connectivity index (χ2n) is 5.63. The molecular weight excluding hydrogens is 254 g/mol. The van der Waals surface area contributed by atoms with Crippen LogP contribution in [0.2, 0.25) is 0 Å². The maximum Gasteiger partial charge on any atom is 0.306 e. The highest BCUT2D eigenvalue weighted by molar-refractivity contribution is 5.83. The summed E-state index contributed by atoms with van der Waals surface area (Å²) in [7, 11) is 0. The fraction of sp³-hybridized carbons (Fsp3) is 0.500. The Morgan fingerprint density at radius 1 is 1.30 bits per heavy atom. The fourth-order valence-corrected chi connectivity index (χ4v) is 2.87. The number of amides is 1.